The zero-order valence-electron chi connectivity index (χ0n) is 6.15. The molecule has 0 radical (unpaired) electrons. The molecule has 0 saturated carbocycles. The number of halogens is 3. The van der Waals surface area contributed by atoms with Crippen LogP contribution in [-0.4, -0.2) is 19.6 Å². The summed E-state index contributed by atoms with van der Waals surface area (Å²) in [5, 5.41) is 3.41. The van der Waals surface area contributed by atoms with E-state index < -0.39 is 11.9 Å². The van der Waals surface area contributed by atoms with Crippen molar-refractivity contribution in [1.82, 2.24) is 19.6 Å². The third-order valence-corrected chi connectivity index (χ3v) is 1.47. The first-order chi connectivity index (χ1) is 6.09. The van der Waals surface area contributed by atoms with Crippen molar-refractivity contribution in [3.63, 3.8) is 0 Å². The van der Waals surface area contributed by atoms with E-state index in [4.69, 9.17) is 0 Å². The Bertz CT molecular complexity index is 433. The third kappa shape index (κ3) is 1.21. The molecule has 2 rings (SSSR count). The topological polar surface area (TPSA) is 43.1 Å². The van der Waals surface area contributed by atoms with Crippen molar-refractivity contribution in [2.75, 3.05) is 0 Å². The van der Waals surface area contributed by atoms with Gasteiger partial charge in [-0.1, -0.05) is 0 Å². The molecule has 2 aromatic rings. The lowest BCUT2D eigenvalue weighted by Gasteiger charge is -2.06. The van der Waals surface area contributed by atoms with Crippen molar-refractivity contribution in [3.05, 3.63) is 24.3 Å². The number of alkyl halides is 3. The van der Waals surface area contributed by atoms with Gasteiger partial charge in [-0.05, 0) is 6.07 Å². The zero-order valence-corrected chi connectivity index (χ0v) is 6.15. The minimum absolute atomic E-state index is 0.0603. The molecule has 0 N–H and O–H groups in total. The fraction of sp³-hybridized carbons (Fsp3) is 0.167. The Hall–Kier alpha value is -1.66. The lowest BCUT2D eigenvalue weighted by molar-refractivity contribution is -0.142. The number of hydrogen-bond donors (Lipinski definition) is 0. The van der Waals surface area contributed by atoms with E-state index >= 15 is 0 Å². The maximum atomic E-state index is 12.3. The molecule has 2 aromatic heterocycles. The average molecular weight is 188 g/mol. The summed E-state index contributed by atoms with van der Waals surface area (Å²) in [6, 6.07) is 0.849. The Kier molecular flexibility index (Phi) is 1.48. The van der Waals surface area contributed by atoms with Crippen molar-refractivity contribution >= 4 is 5.78 Å². The van der Waals surface area contributed by atoms with Crippen LogP contribution in [0.3, 0.4) is 0 Å². The molecule has 2 heterocycles. The first-order valence-corrected chi connectivity index (χ1v) is 3.31. The third-order valence-electron chi connectivity index (χ3n) is 1.47. The molecule has 0 bridgehead atoms. The van der Waals surface area contributed by atoms with Crippen LogP contribution in [0.2, 0.25) is 0 Å². The van der Waals surface area contributed by atoms with E-state index in [1.807, 2.05) is 0 Å². The van der Waals surface area contributed by atoms with Crippen LogP contribution in [0, 0.1) is 0 Å². The normalized spacial score (nSPS) is 12.2. The Morgan fingerprint density at radius 3 is 2.69 bits per heavy atom. The SMILES string of the molecule is FC(F)(F)c1ccnc2ncnn12. The first kappa shape index (κ1) is 7.96. The minimum atomic E-state index is -4.44. The highest BCUT2D eigenvalue weighted by atomic mass is 19.4. The number of fused-ring (bicyclic) bond motifs is 1. The summed E-state index contributed by atoms with van der Waals surface area (Å²) in [6.45, 7) is 0. The molecule has 0 unspecified atom stereocenters. The van der Waals surface area contributed by atoms with E-state index in [0.717, 1.165) is 18.6 Å². The standard InChI is InChI=1S/C6H3F3N4/c7-6(8,9)4-1-2-10-5-11-3-12-13(4)5/h1-3H. The monoisotopic (exact) mass is 188 g/mol. The van der Waals surface area contributed by atoms with Gasteiger partial charge < -0.3 is 0 Å². The van der Waals surface area contributed by atoms with E-state index in [1.54, 1.807) is 0 Å². The summed E-state index contributed by atoms with van der Waals surface area (Å²) < 4.78 is 37.5. The van der Waals surface area contributed by atoms with Gasteiger partial charge >= 0.3 is 6.18 Å². The molecular formula is C6H3F3N4. The molecule has 4 nitrogen and oxygen atoms in total. The van der Waals surface area contributed by atoms with Gasteiger partial charge in [0.15, 0.2) is 5.69 Å². The second-order valence-electron chi connectivity index (χ2n) is 2.30. The molecule has 68 valence electrons. The van der Waals surface area contributed by atoms with Crippen LogP contribution >= 0.6 is 0 Å². The van der Waals surface area contributed by atoms with Gasteiger partial charge in [-0.15, -0.1) is 0 Å². The van der Waals surface area contributed by atoms with Crippen LogP contribution in [0.5, 0.6) is 0 Å². The highest BCUT2D eigenvalue weighted by molar-refractivity contribution is 5.27. The molecule has 0 aliphatic rings. The van der Waals surface area contributed by atoms with E-state index in [0.29, 0.717) is 4.52 Å². The van der Waals surface area contributed by atoms with Crippen LogP contribution in [0.25, 0.3) is 5.78 Å². The lowest BCUT2D eigenvalue weighted by Crippen LogP contribution is -2.12. The molecule has 7 heteroatoms. The Morgan fingerprint density at radius 2 is 2.00 bits per heavy atom. The van der Waals surface area contributed by atoms with Gasteiger partial charge in [0.1, 0.15) is 6.33 Å². The Balaban J connectivity index is 2.75. The van der Waals surface area contributed by atoms with Gasteiger partial charge in [-0.25, -0.2) is 4.98 Å². The van der Waals surface area contributed by atoms with Gasteiger partial charge in [-0.3, -0.25) is 0 Å². The lowest BCUT2D eigenvalue weighted by atomic mass is 10.4. The van der Waals surface area contributed by atoms with Crippen LogP contribution in [-0.2, 0) is 6.18 Å². The van der Waals surface area contributed by atoms with Crippen LogP contribution in [0.4, 0.5) is 13.2 Å². The van der Waals surface area contributed by atoms with Crippen LogP contribution < -0.4 is 0 Å². The van der Waals surface area contributed by atoms with Crippen molar-refractivity contribution in [3.8, 4) is 0 Å². The quantitative estimate of drug-likeness (QED) is 0.622. The predicted octanol–water partition coefficient (Wildman–Crippen LogP) is 1.14. The second kappa shape index (κ2) is 2.41. The molecule has 0 fully saturated rings. The van der Waals surface area contributed by atoms with E-state index in [1.165, 1.54) is 0 Å². The molecule has 0 aliphatic carbocycles. The number of nitrogens with zero attached hydrogens (tertiary/aromatic N) is 4. The fourth-order valence-corrected chi connectivity index (χ4v) is 0.953. The molecule has 0 aromatic carbocycles. The fourth-order valence-electron chi connectivity index (χ4n) is 0.953. The number of hydrogen-bond acceptors (Lipinski definition) is 3. The highest BCUT2D eigenvalue weighted by Crippen LogP contribution is 2.28. The Morgan fingerprint density at radius 1 is 1.23 bits per heavy atom. The van der Waals surface area contributed by atoms with E-state index in [-0.39, 0.29) is 5.78 Å². The molecule has 0 saturated heterocycles. The maximum absolute atomic E-state index is 12.3. The van der Waals surface area contributed by atoms with Crippen molar-refractivity contribution < 1.29 is 13.2 Å². The van der Waals surface area contributed by atoms with Crippen LogP contribution in [0.15, 0.2) is 18.6 Å². The summed E-state index contributed by atoms with van der Waals surface area (Å²) in [4.78, 5) is 7.14. The molecule has 13 heavy (non-hydrogen) atoms. The van der Waals surface area contributed by atoms with Gasteiger partial charge in [0.05, 0.1) is 0 Å². The summed E-state index contributed by atoms with van der Waals surface area (Å²) >= 11 is 0. The molecule has 0 amide bonds. The number of aromatic nitrogens is 4. The summed E-state index contributed by atoms with van der Waals surface area (Å²) in [6.07, 6.45) is -2.36. The molecule has 0 atom stereocenters. The summed E-state index contributed by atoms with van der Waals surface area (Å²) in [5.74, 6) is -0.0603. The maximum Gasteiger partial charge on any atom is 0.433 e. The van der Waals surface area contributed by atoms with Crippen molar-refractivity contribution in [1.29, 1.82) is 0 Å². The molecular weight excluding hydrogens is 185 g/mol. The van der Waals surface area contributed by atoms with Gasteiger partial charge in [-0.2, -0.15) is 27.8 Å². The van der Waals surface area contributed by atoms with Gasteiger partial charge in [0.25, 0.3) is 5.78 Å². The molecule has 0 spiro atoms. The first-order valence-electron chi connectivity index (χ1n) is 3.31. The smallest absolute Gasteiger partial charge is 0.220 e. The average Bonchev–Trinajstić information content (AvgIpc) is 2.48. The second-order valence-corrected chi connectivity index (χ2v) is 2.30. The summed E-state index contributed by atoms with van der Waals surface area (Å²) in [5.41, 5.74) is -0.880. The Labute approximate surface area is 70.0 Å². The zero-order chi connectivity index (χ0) is 9.47. The predicted molar refractivity (Wildman–Crippen MR) is 35.8 cm³/mol. The largest absolute Gasteiger partial charge is 0.433 e. The van der Waals surface area contributed by atoms with Crippen LogP contribution in [0.1, 0.15) is 5.69 Å². The summed E-state index contributed by atoms with van der Waals surface area (Å²) in [7, 11) is 0. The minimum Gasteiger partial charge on any atom is -0.220 e. The number of rotatable bonds is 0. The highest BCUT2D eigenvalue weighted by Gasteiger charge is 2.34. The van der Waals surface area contributed by atoms with Gasteiger partial charge in [0.2, 0.25) is 0 Å². The van der Waals surface area contributed by atoms with Gasteiger partial charge in [0, 0.05) is 6.20 Å². The van der Waals surface area contributed by atoms with E-state index in [2.05, 4.69) is 15.1 Å². The molecule has 0 aliphatic heterocycles. The van der Waals surface area contributed by atoms with Crippen molar-refractivity contribution in [2.24, 2.45) is 0 Å². The van der Waals surface area contributed by atoms with E-state index in [9.17, 15) is 13.2 Å². The van der Waals surface area contributed by atoms with Crippen molar-refractivity contribution in [2.45, 2.75) is 6.18 Å².